The van der Waals surface area contributed by atoms with Gasteiger partial charge in [-0.25, -0.2) is 5.53 Å². The Bertz CT molecular complexity index is 126. The molecule has 1 atom stereocenters. The van der Waals surface area contributed by atoms with Gasteiger partial charge in [0.15, 0.2) is 6.04 Å². The summed E-state index contributed by atoms with van der Waals surface area (Å²) in [5.41, 5.74) is 6.21. The lowest BCUT2D eigenvalue weighted by molar-refractivity contribution is 0.777. The van der Waals surface area contributed by atoms with Gasteiger partial charge in [0.2, 0.25) is 0 Å². The van der Waals surface area contributed by atoms with E-state index in [1.165, 1.54) is 0 Å². The number of hydrogen-bond acceptors (Lipinski definition) is 5. The molecule has 0 heterocycles. The highest BCUT2D eigenvalue weighted by molar-refractivity contribution is 4.90. The second-order valence-electron chi connectivity index (χ2n) is 1.09. The summed E-state index contributed by atoms with van der Waals surface area (Å²) in [5.74, 6) is 0. The van der Waals surface area contributed by atoms with Crippen LogP contribution >= 0.6 is 0 Å². The van der Waals surface area contributed by atoms with Crippen LogP contribution in [-0.2, 0) is 0 Å². The molecule has 0 spiro atoms. The van der Waals surface area contributed by atoms with Crippen molar-refractivity contribution in [1.29, 1.82) is 10.8 Å². The van der Waals surface area contributed by atoms with Gasteiger partial charge in [0.25, 0.3) is 0 Å². The Morgan fingerprint density at radius 2 is 2.50 bits per heavy atom. The molecule has 1 N–H and O–H groups in total. The molecule has 0 aliphatic rings. The largest absolute Gasteiger partial charge is 0.210 e. The van der Waals surface area contributed by atoms with Crippen molar-refractivity contribution in [2.24, 2.45) is 10.3 Å². The zero-order valence-corrected chi connectivity index (χ0v) is 4.03. The maximum atomic E-state index is 9.51. The quantitative estimate of drug-likeness (QED) is 0.429. The highest BCUT2D eigenvalue weighted by Gasteiger charge is 2.02. The molecule has 0 saturated heterocycles. The number of rotatable bonds is 3. The van der Waals surface area contributed by atoms with Crippen LogP contribution in [0.15, 0.2) is 10.3 Å². The highest BCUT2D eigenvalue weighted by Crippen LogP contribution is 1.86. The van der Waals surface area contributed by atoms with Gasteiger partial charge in [-0.3, -0.25) is 0 Å². The third-order valence-electron chi connectivity index (χ3n) is 0.540. The van der Waals surface area contributed by atoms with Crippen molar-refractivity contribution in [3.8, 4) is 6.07 Å². The van der Waals surface area contributed by atoms with E-state index in [0.29, 0.717) is 0 Å². The predicted molar refractivity (Wildman–Crippen MR) is 25.2 cm³/mol. The molecule has 0 rings (SSSR count). The van der Waals surface area contributed by atoms with Crippen LogP contribution in [0, 0.1) is 21.8 Å². The zero-order valence-electron chi connectivity index (χ0n) is 4.03. The lowest BCUT2D eigenvalue weighted by Gasteiger charge is -1.85. The van der Waals surface area contributed by atoms with Crippen molar-refractivity contribution in [3.63, 3.8) is 0 Å². The van der Waals surface area contributed by atoms with Crippen molar-refractivity contribution in [2.45, 2.75) is 6.04 Å². The Balaban J connectivity index is 3.56. The molecule has 0 aliphatic carbocycles. The van der Waals surface area contributed by atoms with Crippen molar-refractivity contribution in [1.82, 2.24) is 0 Å². The Morgan fingerprint density at radius 3 is 2.62 bits per heavy atom. The van der Waals surface area contributed by atoms with Crippen molar-refractivity contribution >= 4 is 0 Å². The minimum atomic E-state index is -0.979. The van der Waals surface area contributed by atoms with Crippen LogP contribution in [-0.4, -0.2) is 12.6 Å². The van der Waals surface area contributed by atoms with Gasteiger partial charge in [0.05, 0.1) is 12.6 Å². The third-order valence-corrected chi connectivity index (χ3v) is 0.540. The molecule has 0 aromatic carbocycles. The molecule has 0 bridgehead atoms. The van der Waals surface area contributed by atoms with Crippen molar-refractivity contribution in [3.05, 3.63) is 4.91 Å². The van der Waals surface area contributed by atoms with Gasteiger partial charge in [-0.05, 0) is 5.18 Å². The number of hydrogen-bond donors (Lipinski definition) is 1. The molecular formula is C3H4N4O. The van der Waals surface area contributed by atoms with Crippen LogP contribution in [0.3, 0.4) is 0 Å². The fourth-order valence-electron chi connectivity index (χ4n) is 0.184. The summed E-state index contributed by atoms with van der Waals surface area (Å²) >= 11 is 0. The maximum absolute atomic E-state index is 9.51. The number of nitrogens with zero attached hydrogens (tertiary/aromatic N) is 3. The summed E-state index contributed by atoms with van der Waals surface area (Å²) in [4.78, 5) is 9.51. The van der Waals surface area contributed by atoms with E-state index < -0.39 is 6.04 Å². The topological polar surface area (TPSA) is 89.4 Å². The lowest BCUT2D eigenvalue weighted by atomic mass is 10.4. The molecule has 8 heavy (non-hydrogen) atoms. The van der Waals surface area contributed by atoms with E-state index in [-0.39, 0.29) is 6.54 Å². The molecule has 0 saturated carbocycles. The first-order valence-electron chi connectivity index (χ1n) is 1.90. The van der Waals surface area contributed by atoms with E-state index in [4.69, 9.17) is 10.8 Å². The van der Waals surface area contributed by atoms with Gasteiger partial charge < -0.3 is 0 Å². The number of nitriles is 1. The monoisotopic (exact) mass is 112 g/mol. The summed E-state index contributed by atoms with van der Waals surface area (Å²) in [6.45, 7) is -0.125. The van der Waals surface area contributed by atoms with Gasteiger partial charge in [-0.15, -0.1) is 4.91 Å². The van der Waals surface area contributed by atoms with E-state index in [0.717, 1.165) is 0 Å². The Labute approximate surface area is 45.8 Å². The predicted octanol–water partition coefficient (Wildman–Crippen LogP) is 0.676. The third kappa shape index (κ3) is 1.97. The van der Waals surface area contributed by atoms with Crippen molar-refractivity contribution < 1.29 is 0 Å². The SMILES string of the molecule is N#CC(CN=N)N=O. The van der Waals surface area contributed by atoms with Crippen LogP contribution in [0.2, 0.25) is 0 Å². The Morgan fingerprint density at radius 1 is 1.88 bits per heavy atom. The molecule has 0 aromatic heterocycles. The number of nitroso groups, excluding NO2 is 1. The minimum Gasteiger partial charge on any atom is -0.210 e. The molecule has 0 amide bonds. The first-order valence-corrected chi connectivity index (χ1v) is 1.90. The first kappa shape index (κ1) is 6.69. The fraction of sp³-hybridized carbons (Fsp3) is 0.667. The van der Waals surface area contributed by atoms with Gasteiger partial charge in [0, 0.05) is 0 Å². The number of nitrogens with one attached hydrogen (secondary N) is 1. The molecule has 0 aromatic rings. The standard InChI is InChI=1S/C3H4N4O/c4-1-3(7-8)2-6-5/h3,5H,2H2. The molecular weight excluding hydrogens is 108 g/mol. The van der Waals surface area contributed by atoms with Gasteiger partial charge in [-0.1, -0.05) is 0 Å². The molecule has 5 nitrogen and oxygen atoms in total. The van der Waals surface area contributed by atoms with E-state index in [9.17, 15) is 4.91 Å². The van der Waals surface area contributed by atoms with E-state index in [2.05, 4.69) is 10.3 Å². The Kier molecular flexibility index (Phi) is 3.23. The molecule has 42 valence electrons. The van der Waals surface area contributed by atoms with Crippen LogP contribution in [0.25, 0.3) is 0 Å². The maximum Gasteiger partial charge on any atom is 0.199 e. The van der Waals surface area contributed by atoms with Crippen LogP contribution in [0.4, 0.5) is 0 Å². The second kappa shape index (κ2) is 3.87. The summed E-state index contributed by atoms with van der Waals surface area (Å²) in [6.07, 6.45) is 0. The van der Waals surface area contributed by atoms with Crippen molar-refractivity contribution in [2.75, 3.05) is 6.54 Å². The summed E-state index contributed by atoms with van der Waals surface area (Å²) in [7, 11) is 0. The normalized spacial score (nSPS) is 11.4. The van der Waals surface area contributed by atoms with Crippen LogP contribution < -0.4 is 0 Å². The van der Waals surface area contributed by atoms with Gasteiger partial charge in [0.1, 0.15) is 0 Å². The van der Waals surface area contributed by atoms with E-state index >= 15 is 0 Å². The molecule has 5 heteroatoms. The fourth-order valence-corrected chi connectivity index (χ4v) is 0.184. The van der Waals surface area contributed by atoms with Crippen LogP contribution in [0.5, 0.6) is 0 Å². The smallest absolute Gasteiger partial charge is 0.199 e. The van der Waals surface area contributed by atoms with Gasteiger partial charge in [-0.2, -0.15) is 10.4 Å². The zero-order chi connectivity index (χ0) is 6.41. The Hall–Kier alpha value is -1.31. The van der Waals surface area contributed by atoms with E-state index in [1.54, 1.807) is 6.07 Å². The lowest BCUT2D eigenvalue weighted by Crippen LogP contribution is -2.02. The molecule has 0 aliphatic heterocycles. The average Bonchev–Trinajstić information content (AvgIpc) is 1.83. The second-order valence-corrected chi connectivity index (χ2v) is 1.09. The van der Waals surface area contributed by atoms with E-state index in [1.807, 2.05) is 0 Å². The highest BCUT2D eigenvalue weighted by atomic mass is 16.3. The van der Waals surface area contributed by atoms with Crippen LogP contribution in [0.1, 0.15) is 0 Å². The molecule has 0 fully saturated rings. The van der Waals surface area contributed by atoms with Gasteiger partial charge >= 0.3 is 0 Å². The molecule has 1 unspecified atom stereocenters. The first-order chi connectivity index (χ1) is 3.85. The summed E-state index contributed by atoms with van der Waals surface area (Å²) < 4.78 is 0. The molecule has 0 radical (unpaired) electrons. The summed E-state index contributed by atoms with van der Waals surface area (Å²) in [6, 6.07) is 0.581. The summed E-state index contributed by atoms with van der Waals surface area (Å²) in [5, 5.41) is 13.2. The minimum absolute atomic E-state index is 0.125. The average molecular weight is 112 g/mol.